The first-order valence-electron chi connectivity index (χ1n) is 10.2. The zero-order chi connectivity index (χ0) is 23.6. The lowest BCUT2D eigenvalue weighted by atomic mass is 10.1. The van der Waals surface area contributed by atoms with Crippen LogP contribution in [0.5, 0.6) is 0 Å². The van der Waals surface area contributed by atoms with Crippen molar-refractivity contribution in [3.8, 4) is 16.9 Å². The Labute approximate surface area is 197 Å². The summed E-state index contributed by atoms with van der Waals surface area (Å²) in [5.74, 6) is -0.307. The molecule has 1 heterocycles. The minimum absolute atomic E-state index is 0.0218. The van der Waals surface area contributed by atoms with E-state index < -0.39 is 20.5 Å². The quantitative estimate of drug-likeness (QED) is 0.402. The molecule has 0 saturated heterocycles. The van der Waals surface area contributed by atoms with E-state index in [9.17, 15) is 13.2 Å². The van der Waals surface area contributed by atoms with Gasteiger partial charge >= 0.3 is 0 Å². The molecule has 4 rings (SSSR count). The number of hydrogen-bond donors (Lipinski definition) is 1. The van der Waals surface area contributed by atoms with Gasteiger partial charge in [-0.25, -0.2) is 13.1 Å². The van der Waals surface area contributed by atoms with Crippen LogP contribution in [0.3, 0.4) is 0 Å². The Kier molecular flexibility index (Phi) is 6.10. The van der Waals surface area contributed by atoms with E-state index in [4.69, 9.17) is 11.6 Å². The van der Waals surface area contributed by atoms with Crippen molar-refractivity contribution in [2.75, 3.05) is 5.32 Å². The summed E-state index contributed by atoms with van der Waals surface area (Å²) in [6, 6.07) is 26.3. The van der Waals surface area contributed by atoms with E-state index in [0.29, 0.717) is 16.5 Å². The molecule has 0 spiro atoms. The standard InChI is InChI=1S/C25H22ClN3O3S/c1-25(2,33(31,32)21-15-13-19(26)14-16-21)24(30)27-23-17-22(18-9-5-3-6-10-18)28-29(23)20-11-7-4-8-12-20/h3-17H,1-2H3,(H,27,30). The second-order valence-electron chi connectivity index (χ2n) is 7.95. The molecular weight excluding hydrogens is 458 g/mol. The summed E-state index contributed by atoms with van der Waals surface area (Å²) in [7, 11) is -4.00. The molecule has 0 unspecified atom stereocenters. The molecule has 8 heteroatoms. The van der Waals surface area contributed by atoms with Crippen molar-refractivity contribution in [1.82, 2.24) is 9.78 Å². The molecule has 0 aliphatic rings. The average Bonchev–Trinajstić information content (AvgIpc) is 3.24. The molecule has 0 aliphatic heterocycles. The Bertz CT molecular complexity index is 1380. The summed E-state index contributed by atoms with van der Waals surface area (Å²) >= 11 is 5.89. The monoisotopic (exact) mass is 479 g/mol. The minimum Gasteiger partial charge on any atom is -0.309 e. The van der Waals surface area contributed by atoms with Crippen LogP contribution in [0.25, 0.3) is 16.9 Å². The molecule has 6 nitrogen and oxygen atoms in total. The molecular formula is C25H22ClN3O3S. The van der Waals surface area contributed by atoms with Crippen molar-refractivity contribution in [3.05, 3.63) is 96.0 Å². The number of aromatic nitrogens is 2. The van der Waals surface area contributed by atoms with Crippen molar-refractivity contribution in [3.63, 3.8) is 0 Å². The molecule has 168 valence electrons. The number of sulfone groups is 1. The van der Waals surface area contributed by atoms with Crippen molar-refractivity contribution in [2.45, 2.75) is 23.5 Å². The van der Waals surface area contributed by atoms with E-state index in [1.165, 1.54) is 38.1 Å². The predicted molar refractivity (Wildman–Crippen MR) is 130 cm³/mol. The van der Waals surface area contributed by atoms with Crippen LogP contribution < -0.4 is 5.32 Å². The predicted octanol–water partition coefficient (Wildman–Crippen LogP) is 5.38. The first-order valence-corrected chi connectivity index (χ1v) is 12.1. The van der Waals surface area contributed by atoms with E-state index in [1.807, 2.05) is 60.7 Å². The van der Waals surface area contributed by atoms with Gasteiger partial charge in [-0.15, -0.1) is 0 Å². The fourth-order valence-corrected chi connectivity index (χ4v) is 4.79. The Morgan fingerprint density at radius 2 is 1.48 bits per heavy atom. The van der Waals surface area contributed by atoms with E-state index in [2.05, 4.69) is 10.4 Å². The summed E-state index contributed by atoms with van der Waals surface area (Å²) in [6.07, 6.45) is 0. The molecule has 1 aromatic heterocycles. The van der Waals surface area contributed by atoms with E-state index in [0.717, 1.165) is 11.3 Å². The third-order valence-corrected chi connectivity index (χ3v) is 8.04. The first kappa shape index (κ1) is 22.8. The van der Waals surface area contributed by atoms with Gasteiger partial charge in [0.05, 0.1) is 16.3 Å². The summed E-state index contributed by atoms with van der Waals surface area (Å²) in [5, 5.41) is 7.85. The molecule has 33 heavy (non-hydrogen) atoms. The maximum atomic E-state index is 13.3. The number of rotatable bonds is 6. The molecule has 0 saturated carbocycles. The summed E-state index contributed by atoms with van der Waals surface area (Å²) in [5.41, 5.74) is 2.25. The third-order valence-electron chi connectivity index (χ3n) is 5.36. The molecule has 0 bridgehead atoms. The molecule has 0 fully saturated rings. The number of halogens is 1. The highest BCUT2D eigenvalue weighted by Gasteiger charge is 2.43. The van der Waals surface area contributed by atoms with Gasteiger partial charge in [0.2, 0.25) is 5.91 Å². The first-order chi connectivity index (χ1) is 15.7. The Balaban J connectivity index is 1.72. The highest BCUT2D eigenvalue weighted by molar-refractivity contribution is 7.93. The maximum Gasteiger partial charge on any atom is 0.246 e. The van der Waals surface area contributed by atoms with Crippen molar-refractivity contribution in [1.29, 1.82) is 0 Å². The summed E-state index contributed by atoms with van der Waals surface area (Å²) in [4.78, 5) is 13.3. The van der Waals surface area contributed by atoms with E-state index >= 15 is 0 Å². The average molecular weight is 480 g/mol. The number of carbonyl (C=O) groups is 1. The molecule has 3 aromatic carbocycles. The number of amides is 1. The third kappa shape index (κ3) is 4.42. The normalized spacial score (nSPS) is 11.8. The van der Waals surface area contributed by atoms with E-state index in [-0.39, 0.29) is 4.90 Å². The fourth-order valence-electron chi connectivity index (χ4n) is 3.28. The van der Waals surface area contributed by atoms with Gasteiger partial charge < -0.3 is 5.32 Å². The van der Waals surface area contributed by atoms with Gasteiger partial charge in [0.1, 0.15) is 10.6 Å². The number of para-hydroxylation sites is 1. The van der Waals surface area contributed by atoms with Gasteiger partial charge in [-0.2, -0.15) is 5.10 Å². The highest BCUT2D eigenvalue weighted by atomic mass is 35.5. The lowest BCUT2D eigenvalue weighted by Crippen LogP contribution is -2.44. The molecule has 1 N–H and O–H groups in total. The van der Waals surface area contributed by atoms with Crippen LogP contribution in [0.2, 0.25) is 5.02 Å². The number of anilines is 1. The van der Waals surface area contributed by atoms with Crippen LogP contribution in [0.15, 0.2) is 95.9 Å². The van der Waals surface area contributed by atoms with Gasteiger partial charge in [-0.3, -0.25) is 4.79 Å². The SMILES string of the molecule is CC(C)(C(=O)Nc1cc(-c2ccccc2)nn1-c1ccccc1)S(=O)(=O)c1ccc(Cl)cc1. The molecule has 0 atom stereocenters. The fraction of sp³-hybridized carbons (Fsp3) is 0.120. The topological polar surface area (TPSA) is 81.1 Å². The van der Waals surface area contributed by atoms with Gasteiger partial charge in [0, 0.05) is 16.7 Å². The number of hydrogen-bond acceptors (Lipinski definition) is 4. The lowest BCUT2D eigenvalue weighted by Gasteiger charge is -2.24. The minimum atomic E-state index is -4.00. The van der Waals surface area contributed by atoms with Crippen LogP contribution in [-0.4, -0.2) is 28.9 Å². The second-order valence-corrected chi connectivity index (χ2v) is 10.9. The number of nitrogens with one attached hydrogen (secondary N) is 1. The summed E-state index contributed by atoms with van der Waals surface area (Å²) < 4.78 is 26.3. The zero-order valence-electron chi connectivity index (χ0n) is 18.1. The molecule has 4 aromatic rings. The number of benzene rings is 3. The highest BCUT2D eigenvalue weighted by Crippen LogP contribution is 2.30. The Morgan fingerprint density at radius 3 is 2.09 bits per heavy atom. The molecule has 0 aliphatic carbocycles. The van der Waals surface area contributed by atoms with Crippen LogP contribution in [0, 0.1) is 0 Å². The largest absolute Gasteiger partial charge is 0.309 e. The summed E-state index contributed by atoms with van der Waals surface area (Å²) in [6.45, 7) is 2.77. The second kappa shape index (κ2) is 8.84. The maximum absolute atomic E-state index is 13.3. The molecule has 1 amide bonds. The van der Waals surface area contributed by atoms with Crippen molar-refractivity contribution in [2.24, 2.45) is 0 Å². The van der Waals surface area contributed by atoms with Crippen LogP contribution in [-0.2, 0) is 14.6 Å². The Morgan fingerprint density at radius 1 is 0.909 bits per heavy atom. The van der Waals surface area contributed by atoms with E-state index in [1.54, 1.807) is 10.7 Å². The van der Waals surface area contributed by atoms with Gasteiger partial charge in [0.15, 0.2) is 9.84 Å². The van der Waals surface area contributed by atoms with Gasteiger partial charge in [-0.05, 0) is 50.2 Å². The van der Waals surface area contributed by atoms with Gasteiger partial charge in [0.25, 0.3) is 0 Å². The van der Waals surface area contributed by atoms with Crippen molar-refractivity contribution < 1.29 is 13.2 Å². The number of carbonyl (C=O) groups excluding carboxylic acids is 1. The van der Waals surface area contributed by atoms with Crippen LogP contribution in [0.1, 0.15) is 13.8 Å². The zero-order valence-corrected chi connectivity index (χ0v) is 19.6. The smallest absolute Gasteiger partial charge is 0.246 e. The van der Waals surface area contributed by atoms with Gasteiger partial charge in [-0.1, -0.05) is 60.1 Å². The van der Waals surface area contributed by atoms with Crippen molar-refractivity contribution >= 4 is 33.2 Å². The number of nitrogens with zero attached hydrogens (tertiary/aromatic N) is 2. The Hall–Kier alpha value is -3.42. The molecule has 0 radical (unpaired) electrons. The lowest BCUT2D eigenvalue weighted by molar-refractivity contribution is -0.117. The van der Waals surface area contributed by atoms with Crippen LogP contribution in [0.4, 0.5) is 5.82 Å². The van der Waals surface area contributed by atoms with Crippen LogP contribution >= 0.6 is 11.6 Å².